The Morgan fingerprint density at radius 3 is 2.62 bits per heavy atom. The maximum Gasteiger partial charge on any atom is 0.146 e. The first-order valence-corrected chi connectivity index (χ1v) is 7.81. The molecule has 1 aromatic carbocycles. The Hall–Kier alpha value is -1.49. The molecule has 2 aromatic rings. The monoisotopic (exact) mass is 351 g/mol. The van der Waals surface area contributed by atoms with E-state index in [1.807, 2.05) is 33.8 Å². The molecular formula is C16H19BrFN3. The van der Waals surface area contributed by atoms with Gasteiger partial charge >= 0.3 is 0 Å². The molecular weight excluding hydrogens is 333 g/mol. The van der Waals surface area contributed by atoms with Crippen LogP contribution in [0, 0.1) is 12.7 Å². The Labute approximate surface area is 133 Å². The third kappa shape index (κ3) is 3.23. The first-order valence-electron chi connectivity index (χ1n) is 7.02. The van der Waals surface area contributed by atoms with Gasteiger partial charge in [-0.2, -0.15) is 0 Å². The second kappa shape index (κ2) is 6.52. The van der Waals surface area contributed by atoms with Crippen molar-refractivity contribution in [2.45, 2.75) is 33.6 Å². The number of nitrogens with zero attached hydrogens (tertiary/aromatic N) is 2. The van der Waals surface area contributed by atoms with Gasteiger partial charge in [0.15, 0.2) is 0 Å². The van der Waals surface area contributed by atoms with Gasteiger partial charge in [0.25, 0.3) is 0 Å². The molecule has 3 nitrogen and oxygen atoms in total. The van der Waals surface area contributed by atoms with Crippen molar-refractivity contribution in [3.8, 4) is 11.3 Å². The molecule has 1 aromatic heterocycles. The number of hydrogen-bond donors (Lipinski definition) is 1. The lowest BCUT2D eigenvalue weighted by atomic mass is 10.1. The Balaban J connectivity index is 2.69. The van der Waals surface area contributed by atoms with Gasteiger partial charge in [-0.25, -0.2) is 14.4 Å². The summed E-state index contributed by atoms with van der Waals surface area (Å²) in [6.07, 6.45) is 0. The van der Waals surface area contributed by atoms with Gasteiger partial charge in [-0.05, 0) is 41.9 Å². The predicted octanol–water partition coefficient (Wildman–Crippen LogP) is 4.91. The van der Waals surface area contributed by atoms with Gasteiger partial charge < -0.3 is 5.32 Å². The summed E-state index contributed by atoms with van der Waals surface area (Å²) in [4.78, 5) is 9.12. The summed E-state index contributed by atoms with van der Waals surface area (Å²) in [6.45, 7) is 8.74. The number of hydrogen-bond acceptors (Lipinski definition) is 3. The van der Waals surface area contributed by atoms with E-state index in [4.69, 9.17) is 0 Å². The summed E-state index contributed by atoms with van der Waals surface area (Å²) in [6, 6.07) is 5.24. The summed E-state index contributed by atoms with van der Waals surface area (Å²) < 4.78 is 14.8. The van der Waals surface area contributed by atoms with Crippen LogP contribution < -0.4 is 5.32 Å². The molecule has 0 radical (unpaired) electrons. The molecule has 0 saturated carbocycles. The maximum atomic E-state index is 14.4. The van der Waals surface area contributed by atoms with Gasteiger partial charge in [0.1, 0.15) is 17.5 Å². The highest BCUT2D eigenvalue weighted by Crippen LogP contribution is 2.32. The molecule has 0 saturated heterocycles. The van der Waals surface area contributed by atoms with Crippen molar-refractivity contribution < 1.29 is 4.39 Å². The molecule has 1 heterocycles. The van der Waals surface area contributed by atoms with Crippen LogP contribution in [-0.4, -0.2) is 16.5 Å². The Morgan fingerprint density at radius 2 is 2.00 bits per heavy atom. The van der Waals surface area contributed by atoms with Crippen LogP contribution in [0.15, 0.2) is 22.7 Å². The third-order valence-corrected chi connectivity index (χ3v) is 3.84. The van der Waals surface area contributed by atoms with Crippen LogP contribution in [-0.2, 0) is 0 Å². The summed E-state index contributed by atoms with van der Waals surface area (Å²) in [5.74, 6) is 1.37. The van der Waals surface area contributed by atoms with E-state index in [0.717, 1.165) is 17.9 Å². The molecule has 0 spiro atoms. The number of benzene rings is 1. The van der Waals surface area contributed by atoms with Gasteiger partial charge in [-0.3, -0.25) is 0 Å². The average Bonchev–Trinajstić information content (AvgIpc) is 2.44. The van der Waals surface area contributed by atoms with Crippen molar-refractivity contribution in [2.24, 2.45) is 0 Å². The normalized spacial score (nSPS) is 11.0. The van der Waals surface area contributed by atoms with E-state index < -0.39 is 0 Å². The van der Waals surface area contributed by atoms with E-state index >= 15 is 0 Å². The van der Waals surface area contributed by atoms with Crippen LogP contribution in [0.4, 0.5) is 10.2 Å². The predicted molar refractivity (Wildman–Crippen MR) is 88.1 cm³/mol. The SMILES string of the molecule is CCNc1nc(C(C)C)nc(-c2cccc(Br)c2F)c1C. The minimum Gasteiger partial charge on any atom is -0.370 e. The minimum absolute atomic E-state index is 0.178. The molecule has 112 valence electrons. The Kier molecular flexibility index (Phi) is 4.93. The van der Waals surface area contributed by atoms with E-state index in [2.05, 4.69) is 31.2 Å². The largest absolute Gasteiger partial charge is 0.370 e. The van der Waals surface area contributed by atoms with Gasteiger partial charge in [0.2, 0.25) is 0 Å². The number of rotatable bonds is 4. The average molecular weight is 352 g/mol. The third-order valence-electron chi connectivity index (χ3n) is 3.23. The Morgan fingerprint density at radius 1 is 1.29 bits per heavy atom. The van der Waals surface area contributed by atoms with E-state index in [-0.39, 0.29) is 11.7 Å². The molecule has 0 atom stereocenters. The van der Waals surface area contributed by atoms with Crippen LogP contribution >= 0.6 is 15.9 Å². The van der Waals surface area contributed by atoms with Crippen molar-refractivity contribution in [2.75, 3.05) is 11.9 Å². The number of aromatic nitrogens is 2. The second-order valence-corrected chi connectivity index (χ2v) is 6.04. The zero-order valence-electron chi connectivity index (χ0n) is 12.7. The van der Waals surface area contributed by atoms with Crippen molar-refractivity contribution in [3.63, 3.8) is 0 Å². The van der Waals surface area contributed by atoms with Gasteiger partial charge in [-0.1, -0.05) is 19.9 Å². The summed E-state index contributed by atoms with van der Waals surface area (Å²) in [7, 11) is 0. The fraction of sp³-hybridized carbons (Fsp3) is 0.375. The molecule has 0 aliphatic rings. The fourth-order valence-electron chi connectivity index (χ4n) is 2.08. The number of anilines is 1. The Bertz CT molecular complexity index is 656. The van der Waals surface area contributed by atoms with Crippen LogP contribution in [0.2, 0.25) is 0 Å². The topological polar surface area (TPSA) is 37.8 Å². The first-order chi connectivity index (χ1) is 9.95. The van der Waals surface area contributed by atoms with E-state index in [1.54, 1.807) is 12.1 Å². The van der Waals surface area contributed by atoms with Crippen molar-refractivity contribution in [3.05, 3.63) is 39.9 Å². The molecule has 0 fully saturated rings. The van der Waals surface area contributed by atoms with Gasteiger partial charge in [-0.15, -0.1) is 0 Å². The van der Waals surface area contributed by atoms with Gasteiger partial charge in [0, 0.05) is 23.6 Å². The summed E-state index contributed by atoms with van der Waals surface area (Å²) in [5.41, 5.74) is 1.99. The molecule has 1 N–H and O–H groups in total. The molecule has 2 rings (SSSR count). The van der Waals surface area contributed by atoms with Crippen LogP contribution in [0.1, 0.15) is 38.1 Å². The summed E-state index contributed by atoms with van der Waals surface area (Å²) in [5, 5.41) is 3.23. The molecule has 0 aliphatic heterocycles. The van der Waals surface area contributed by atoms with E-state index in [1.165, 1.54) is 0 Å². The van der Waals surface area contributed by atoms with Crippen molar-refractivity contribution >= 4 is 21.7 Å². The smallest absolute Gasteiger partial charge is 0.146 e. The highest BCUT2D eigenvalue weighted by Gasteiger charge is 2.17. The minimum atomic E-state index is -0.295. The molecule has 5 heteroatoms. The molecule has 0 amide bonds. The van der Waals surface area contributed by atoms with Gasteiger partial charge in [0.05, 0.1) is 10.2 Å². The lowest BCUT2D eigenvalue weighted by Crippen LogP contribution is -2.09. The van der Waals surface area contributed by atoms with E-state index in [0.29, 0.717) is 21.6 Å². The molecule has 0 unspecified atom stereocenters. The van der Waals surface area contributed by atoms with Crippen molar-refractivity contribution in [1.82, 2.24) is 9.97 Å². The van der Waals surface area contributed by atoms with Crippen LogP contribution in [0.5, 0.6) is 0 Å². The first kappa shape index (κ1) is 15.9. The zero-order chi connectivity index (χ0) is 15.6. The lowest BCUT2D eigenvalue weighted by Gasteiger charge is -2.15. The molecule has 21 heavy (non-hydrogen) atoms. The number of nitrogens with one attached hydrogen (secondary N) is 1. The highest BCUT2D eigenvalue weighted by atomic mass is 79.9. The van der Waals surface area contributed by atoms with Crippen LogP contribution in [0.3, 0.4) is 0 Å². The lowest BCUT2D eigenvalue weighted by molar-refractivity contribution is 0.623. The zero-order valence-corrected chi connectivity index (χ0v) is 14.3. The highest BCUT2D eigenvalue weighted by molar-refractivity contribution is 9.10. The van der Waals surface area contributed by atoms with Crippen LogP contribution in [0.25, 0.3) is 11.3 Å². The summed E-state index contributed by atoms with van der Waals surface area (Å²) >= 11 is 3.23. The van der Waals surface area contributed by atoms with E-state index in [9.17, 15) is 4.39 Å². The second-order valence-electron chi connectivity index (χ2n) is 5.19. The maximum absolute atomic E-state index is 14.4. The number of halogens is 2. The fourth-order valence-corrected chi connectivity index (χ4v) is 2.45. The standard InChI is InChI=1S/C16H19BrFN3/c1-5-19-16-10(4)14(20-15(21-16)9(2)3)11-7-6-8-12(17)13(11)18/h6-9H,5H2,1-4H3,(H,19,20,21). The molecule has 0 bridgehead atoms. The quantitative estimate of drug-likeness (QED) is 0.850. The molecule has 0 aliphatic carbocycles. The van der Waals surface area contributed by atoms with Crippen molar-refractivity contribution in [1.29, 1.82) is 0 Å².